The first-order valence-corrected chi connectivity index (χ1v) is 9.21. The Morgan fingerprint density at radius 2 is 1.84 bits per heavy atom. The summed E-state index contributed by atoms with van der Waals surface area (Å²) in [4.78, 5) is 26.4. The Morgan fingerprint density at radius 3 is 2.36 bits per heavy atom. The van der Waals surface area contributed by atoms with Gasteiger partial charge in [-0.25, -0.2) is 4.79 Å². The number of esters is 2. The first-order valence-electron chi connectivity index (χ1n) is 8.33. The second-order valence-electron chi connectivity index (χ2n) is 6.60. The third-order valence-corrected chi connectivity index (χ3v) is 4.75. The van der Waals surface area contributed by atoms with Gasteiger partial charge < -0.3 is 14.8 Å². The number of nitrogens with one attached hydrogen (secondary N) is 1. The Labute approximate surface area is 152 Å². The Balaban J connectivity index is 2.52. The van der Waals surface area contributed by atoms with Gasteiger partial charge in [-0.05, 0) is 46.1 Å². The molecule has 6 heteroatoms. The number of allylic oxidation sites excluding steroid dienone is 1. The topological polar surface area (TPSA) is 64.6 Å². The zero-order valence-electron chi connectivity index (χ0n) is 15.3. The van der Waals surface area contributed by atoms with Crippen molar-refractivity contribution in [3.63, 3.8) is 0 Å². The SMILES string of the molecule is C=C1NC(C)=C(C(=O)OC(C)C)C(c2cccs2)C1C(=O)OC(C)C. The lowest BCUT2D eigenvalue weighted by molar-refractivity contribution is -0.152. The van der Waals surface area contributed by atoms with Crippen molar-refractivity contribution < 1.29 is 19.1 Å². The molecule has 136 valence electrons. The van der Waals surface area contributed by atoms with Crippen molar-refractivity contribution in [2.24, 2.45) is 5.92 Å². The van der Waals surface area contributed by atoms with Gasteiger partial charge in [0.05, 0.1) is 17.8 Å². The lowest BCUT2D eigenvalue weighted by atomic mass is 9.79. The molecule has 1 N–H and O–H groups in total. The molecule has 0 aromatic carbocycles. The number of ether oxygens (including phenoxy) is 2. The molecule has 0 spiro atoms. The zero-order valence-corrected chi connectivity index (χ0v) is 16.1. The molecule has 0 amide bonds. The maximum Gasteiger partial charge on any atom is 0.336 e. The Morgan fingerprint density at radius 1 is 1.20 bits per heavy atom. The number of carbonyl (C=O) groups is 2. The lowest BCUT2D eigenvalue weighted by Crippen LogP contribution is -2.40. The molecule has 0 fully saturated rings. The van der Waals surface area contributed by atoms with Gasteiger partial charge in [-0.3, -0.25) is 4.79 Å². The third-order valence-electron chi connectivity index (χ3n) is 3.79. The van der Waals surface area contributed by atoms with Crippen molar-refractivity contribution in [2.75, 3.05) is 0 Å². The fourth-order valence-electron chi connectivity index (χ4n) is 2.90. The van der Waals surface area contributed by atoms with Crippen molar-refractivity contribution in [1.29, 1.82) is 0 Å². The maximum absolute atomic E-state index is 12.7. The summed E-state index contributed by atoms with van der Waals surface area (Å²) in [5.41, 5.74) is 1.64. The molecule has 2 heterocycles. The first kappa shape index (κ1) is 19.2. The van der Waals surface area contributed by atoms with Crippen LogP contribution in [0.2, 0.25) is 0 Å². The van der Waals surface area contributed by atoms with E-state index < -0.39 is 23.8 Å². The third kappa shape index (κ3) is 4.31. The largest absolute Gasteiger partial charge is 0.462 e. The summed E-state index contributed by atoms with van der Waals surface area (Å²) in [5, 5.41) is 4.99. The zero-order chi connectivity index (χ0) is 18.7. The number of thiophene rings is 1. The van der Waals surface area contributed by atoms with Crippen LogP contribution in [0, 0.1) is 5.92 Å². The number of carbonyl (C=O) groups excluding carboxylic acids is 2. The van der Waals surface area contributed by atoms with Crippen molar-refractivity contribution >= 4 is 23.3 Å². The molecule has 2 atom stereocenters. The van der Waals surface area contributed by atoms with Crippen molar-refractivity contribution in [1.82, 2.24) is 5.32 Å². The van der Waals surface area contributed by atoms with Gasteiger partial charge in [-0.2, -0.15) is 0 Å². The smallest absolute Gasteiger partial charge is 0.336 e. The summed E-state index contributed by atoms with van der Waals surface area (Å²) in [6.07, 6.45) is -0.495. The number of hydrogen-bond donors (Lipinski definition) is 1. The van der Waals surface area contributed by atoms with Crippen molar-refractivity contribution in [3.8, 4) is 0 Å². The molecule has 0 radical (unpaired) electrons. The van der Waals surface area contributed by atoms with E-state index in [-0.39, 0.29) is 12.2 Å². The predicted molar refractivity (Wildman–Crippen MR) is 98.0 cm³/mol. The highest BCUT2D eigenvalue weighted by molar-refractivity contribution is 7.10. The summed E-state index contributed by atoms with van der Waals surface area (Å²) in [6.45, 7) is 13.0. The second-order valence-corrected chi connectivity index (χ2v) is 7.58. The molecule has 0 bridgehead atoms. The molecule has 1 aromatic rings. The average molecular weight is 363 g/mol. The fraction of sp³-hybridized carbons (Fsp3) is 0.474. The van der Waals surface area contributed by atoms with Crippen molar-refractivity contribution in [2.45, 2.75) is 52.7 Å². The van der Waals surface area contributed by atoms with E-state index in [9.17, 15) is 9.59 Å². The van der Waals surface area contributed by atoms with E-state index in [1.165, 1.54) is 11.3 Å². The van der Waals surface area contributed by atoms with Crippen LogP contribution in [0.5, 0.6) is 0 Å². The van der Waals surface area contributed by atoms with Crippen LogP contribution in [0.4, 0.5) is 0 Å². The Bertz CT molecular complexity index is 688. The monoisotopic (exact) mass is 363 g/mol. The minimum absolute atomic E-state index is 0.247. The first-order chi connectivity index (χ1) is 11.7. The van der Waals surface area contributed by atoms with Gasteiger partial charge in [-0.15, -0.1) is 11.3 Å². The van der Waals surface area contributed by atoms with Gasteiger partial charge >= 0.3 is 11.9 Å². The molecule has 1 aromatic heterocycles. The van der Waals surface area contributed by atoms with E-state index in [4.69, 9.17) is 9.47 Å². The molecule has 1 aliphatic heterocycles. The minimum Gasteiger partial charge on any atom is -0.462 e. The summed E-state index contributed by atoms with van der Waals surface area (Å²) in [5.74, 6) is -1.97. The molecule has 0 aliphatic carbocycles. The van der Waals surface area contributed by atoms with Gasteiger partial charge in [0, 0.05) is 22.2 Å². The van der Waals surface area contributed by atoms with Crippen molar-refractivity contribution in [3.05, 3.63) is 45.9 Å². The molecular formula is C19H25NO4S. The van der Waals surface area contributed by atoms with Gasteiger partial charge in [-0.1, -0.05) is 12.6 Å². The summed E-state index contributed by atoms with van der Waals surface area (Å²) in [6, 6.07) is 3.82. The Kier molecular flexibility index (Phi) is 6.06. The highest BCUT2D eigenvalue weighted by Gasteiger charge is 2.43. The van der Waals surface area contributed by atoms with Gasteiger partial charge in [0.15, 0.2) is 0 Å². The van der Waals surface area contributed by atoms with Crippen LogP contribution in [0.15, 0.2) is 41.1 Å². The summed E-state index contributed by atoms with van der Waals surface area (Å²) < 4.78 is 10.8. The molecular weight excluding hydrogens is 338 g/mol. The van der Waals surface area contributed by atoms with Crippen LogP contribution < -0.4 is 5.32 Å². The number of hydrogen-bond acceptors (Lipinski definition) is 6. The second kappa shape index (κ2) is 7.87. The van der Waals surface area contributed by atoms with Crippen LogP contribution in [0.25, 0.3) is 0 Å². The standard InChI is InChI=1S/C19H25NO4S/c1-10(2)23-18(21)15-12(5)20-13(6)16(19(22)24-11(3)4)17(15)14-8-7-9-25-14/h7-11,15,17,20H,5H2,1-4,6H3. The van der Waals surface area contributed by atoms with Crippen LogP contribution >= 0.6 is 11.3 Å². The summed E-state index contributed by atoms with van der Waals surface area (Å²) >= 11 is 1.49. The quantitative estimate of drug-likeness (QED) is 0.807. The van der Waals surface area contributed by atoms with Crippen LogP contribution in [0.1, 0.15) is 45.4 Å². The summed E-state index contributed by atoms with van der Waals surface area (Å²) in [7, 11) is 0. The molecule has 1 aliphatic rings. The van der Waals surface area contributed by atoms with Gasteiger partial charge in [0.2, 0.25) is 0 Å². The minimum atomic E-state index is -0.681. The van der Waals surface area contributed by atoms with Crippen LogP contribution in [-0.2, 0) is 19.1 Å². The number of rotatable bonds is 5. The predicted octanol–water partition coefficient (Wildman–Crippen LogP) is 3.74. The highest BCUT2D eigenvalue weighted by atomic mass is 32.1. The maximum atomic E-state index is 12.7. The molecule has 25 heavy (non-hydrogen) atoms. The molecule has 5 nitrogen and oxygen atoms in total. The van der Waals surface area contributed by atoms with E-state index in [1.807, 2.05) is 17.5 Å². The highest BCUT2D eigenvalue weighted by Crippen LogP contribution is 2.43. The van der Waals surface area contributed by atoms with E-state index in [0.29, 0.717) is 17.0 Å². The fourth-order valence-corrected chi connectivity index (χ4v) is 3.78. The van der Waals surface area contributed by atoms with E-state index in [2.05, 4.69) is 11.9 Å². The molecule has 2 unspecified atom stereocenters. The Hall–Kier alpha value is -2.08. The lowest BCUT2D eigenvalue weighted by Gasteiger charge is -2.35. The van der Waals surface area contributed by atoms with E-state index >= 15 is 0 Å². The molecule has 2 rings (SSSR count). The normalized spacial score (nSPS) is 20.7. The van der Waals surface area contributed by atoms with Gasteiger partial charge in [0.25, 0.3) is 0 Å². The van der Waals surface area contributed by atoms with Crippen LogP contribution in [0.3, 0.4) is 0 Å². The van der Waals surface area contributed by atoms with Gasteiger partial charge in [0.1, 0.15) is 5.92 Å². The van der Waals surface area contributed by atoms with E-state index in [1.54, 1.807) is 34.6 Å². The van der Waals surface area contributed by atoms with E-state index in [0.717, 1.165) is 4.88 Å². The average Bonchev–Trinajstić information content (AvgIpc) is 2.98. The van der Waals surface area contributed by atoms with Crippen LogP contribution in [-0.4, -0.2) is 24.1 Å². The molecule has 0 saturated heterocycles. The molecule has 0 saturated carbocycles.